The number of carbonyl (C=O) groups excluding carboxylic acids is 1. The molecule has 124 valence electrons. The maximum absolute atomic E-state index is 11.4. The van der Waals surface area contributed by atoms with Crippen molar-refractivity contribution >= 4 is 12.1 Å². The number of benzene rings is 1. The van der Waals surface area contributed by atoms with Gasteiger partial charge >= 0.3 is 12.1 Å². The van der Waals surface area contributed by atoms with E-state index in [-0.39, 0.29) is 5.56 Å². The molecule has 1 amide bonds. The van der Waals surface area contributed by atoms with Gasteiger partial charge in [0.05, 0.1) is 18.2 Å². The second-order valence-electron chi connectivity index (χ2n) is 5.70. The summed E-state index contributed by atoms with van der Waals surface area (Å²) in [6.45, 7) is 5.69. The van der Waals surface area contributed by atoms with Crippen molar-refractivity contribution in [3.8, 4) is 17.6 Å². The van der Waals surface area contributed by atoms with Gasteiger partial charge in [0.25, 0.3) is 0 Å². The summed E-state index contributed by atoms with van der Waals surface area (Å²) in [6, 6.07) is 4.47. The highest BCUT2D eigenvalue weighted by Crippen LogP contribution is 2.18. The van der Waals surface area contributed by atoms with Crippen LogP contribution >= 0.6 is 0 Å². The van der Waals surface area contributed by atoms with E-state index in [2.05, 4.69) is 17.2 Å². The van der Waals surface area contributed by atoms with E-state index in [1.54, 1.807) is 26.8 Å². The van der Waals surface area contributed by atoms with Crippen molar-refractivity contribution in [1.82, 2.24) is 5.32 Å². The van der Waals surface area contributed by atoms with Crippen molar-refractivity contribution in [2.75, 3.05) is 13.7 Å². The Morgan fingerprint density at radius 2 is 2.00 bits per heavy atom. The highest BCUT2D eigenvalue weighted by atomic mass is 16.6. The third-order valence-corrected chi connectivity index (χ3v) is 2.59. The Balaban J connectivity index is 2.61. The van der Waals surface area contributed by atoms with Gasteiger partial charge in [0, 0.05) is 13.0 Å². The van der Waals surface area contributed by atoms with Gasteiger partial charge in [-0.05, 0) is 39.0 Å². The van der Waals surface area contributed by atoms with Crippen LogP contribution < -0.4 is 10.1 Å². The Labute approximate surface area is 135 Å². The predicted octanol–water partition coefficient (Wildman–Crippen LogP) is 2.66. The zero-order chi connectivity index (χ0) is 17.5. The van der Waals surface area contributed by atoms with Crippen molar-refractivity contribution < 1.29 is 24.2 Å². The fourth-order valence-electron chi connectivity index (χ4n) is 1.64. The molecule has 0 aliphatic rings. The number of nitrogens with one attached hydrogen (secondary N) is 1. The fraction of sp³-hybridized carbons (Fsp3) is 0.412. The molecule has 6 heteroatoms. The molecule has 2 N–H and O–H groups in total. The van der Waals surface area contributed by atoms with Gasteiger partial charge in [0.15, 0.2) is 0 Å². The number of carboxylic acid groups (broad SMARTS) is 1. The molecule has 0 radical (unpaired) electrons. The summed E-state index contributed by atoms with van der Waals surface area (Å²) in [7, 11) is 1.49. The number of aromatic carboxylic acids is 1. The summed E-state index contributed by atoms with van der Waals surface area (Å²) >= 11 is 0. The smallest absolute Gasteiger partial charge is 0.407 e. The molecular formula is C17H21NO5. The molecule has 0 unspecified atom stereocenters. The lowest BCUT2D eigenvalue weighted by atomic mass is 10.1. The molecule has 0 aliphatic heterocycles. The maximum atomic E-state index is 11.4. The normalized spacial score (nSPS) is 10.3. The number of amides is 1. The monoisotopic (exact) mass is 319 g/mol. The molecule has 0 atom stereocenters. The Hall–Kier alpha value is -2.68. The first kappa shape index (κ1) is 18.4. The van der Waals surface area contributed by atoms with Crippen LogP contribution in [0, 0.1) is 11.8 Å². The summed E-state index contributed by atoms with van der Waals surface area (Å²) in [5, 5.41) is 11.6. The van der Waals surface area contributed by atoms with Crippen LogP contribution in [-0.4, -0.2) is 36.4 Å². The second kappa shape index (κ2) is 8.08. The molecule has 0 heterocycles. The molecule has 0 fully saturated rings. The highest BCUT2D eigenvalue weighted by Gasteiger charge is 2.15. The van der Waals surface area contributed by atoms with Gasteiger partial charge in [0.2, 0.25) is 0 Å². The number of carbonyl (C=O) groups is 2. The lowest BCUT2D eigenvalue weighted by Gasteiger charge is -2.19. The van der Waals surface area contributed by atoms with Gasteiger partial charge in [-0.3, -0.25) is 0 Å². The number of ether oxygens (including phenoxy) is 2. The Morgan fingerprint density at radius 1 is 1.30 bits per heavy atom. The van der Waals surface area contributed by atoms with E-state index >= 15 is 0 Å². The fourth-order valence-corrected chi connectivity index (χ4v) is 1.64. The van der Waals surface area contributed by atoms with Crippen LogP contribution in [0.4, 0.5) is 4.79 Å². The molecule has 6 nitrogen and oxygen atoms in total. The third kappa shape index (κ3) is 6.74. The third-order valence-electron chi connectivity index (χ3n) is 2.59. The Bertz CT molecular complexity index is 635. The molecular weight excluding hydrogens is 298 g/mol. The van der Waals surface area contributed by atoms with Gasteiger partial charge < -0.3 is 19.9 Å². The van der Waals surface area contributed by atoms with E-state index in [0.29, 0.717) is 24.3 Å². The van der Waals surface area contributed by atoms with Crippen LogP contribution in [0.2, 0.25) is 0 Å². The van der Waals surface area contributed by atoms with E-state index < -0.39 is 17.7 Å². The molecule has 23 heavy (non-hydrogen) atoms. The summed E-state index contributed by atoms with van der Waals surface area (Å²) in [5.74, 6) is 5.20. The molecule has 0 saturated carbocycles. The second-order valence-corrected chi connectivity index (χ2v) is 5.70. The van der Waals surface area contributed by atoms with Gasteiger partial charge in [-0.1, -0.05) is 11.8 Å². The topological polar surface area (TPSA) is 84.9 Å². The minimum Gasteiger partial charge on any atom is -0.495 e. The molecule has 0 bridgehead atoms. The molecule has 0 aromatic heterocycles. The number of carboxylic acids is 1. The van der Waals surface area contributed by atoms with Crippen molar-refractivity contribution in [2.24, 2.45) is 0 Å². The van der Waals surface area contributed by atoms with Gasteiger partial charge in [0.1, 0.15) is 11.4 Å². The molecule has 0 spiro atoms. The standard InChI is InChI=1S/C17H21NO5/c1-17(2,3)23-16(21)18-10-6-5-7-12-11-13(15(19)20)8-9-14(12)22-4/h8-9,11H,6,10H2,1-4H3,(H,18,21)(H,19,20). The van der Waals surface area contributed by atoms with Crippen molar-refractivity contribution in [2.45, 2.75) is 32.8 Å². The average Bonchev–Trinajstić information content (AvgIpc) is 2.44. The first-order chi connectivity index (χ1) is 10.7. The van der Waals surface area contributed by atoms with E-state index in [1.165, 1.54) is 19.2 Å². The van der Waals surface area contributed by atoms with Crippen molar-refractivity contribution in [1.29, 1.82) is 0 Å². The number of rotatable bonds is 4. The number of methoxy groups -OCH3 is 1. The number of hydrogen-bond donors (Lipinski definition) is 2. The van der Waals surface area contributed by atoms with Crippen LogP contribution in [0.25, 0.3) is 0 Å². The molecule has 0 aliphatic carbocycles. The lowest BCUT2D eigenvalue weighted by Crippen LogP contribution is -2.32. The zero-order valence-electron chi connectivity index (χ0n) is 13.7. The summed E-state index contributed by atoms with van der Waals surface area (Å²) < 4.78 is 10.2. The summed E-state index contributed by atoms with van der Waals surface area (Å²) in [5.41, 5.74) is 0.0899. The molecule has 0 saturated heterocycles. The Kier molecular flexibility index (Phi) is 6.46. The van der Waals surface area contributed by atoms with Crippen LogP contribution in [0.1, 0.15) is 43.1 Å². The lowest BCUT2D eigenvalue weighted by molar-refractivity contribution is 0.0528. The summed E-state index contributed by atoms with van der Waals surface area (Å²) in [4.78, 5) is 22.4. The van der Waals surface area contributed by atoms with Crippen LogP contribution in [0.15, 0.2) is 18.2 Å². The van der Waals surface area contributed by atoms with E-state index in [9.17, 15) is 9.59 Å². The maximum Gasteiger partial charge on any atom is 0.407 e. The number of hydrogen-bond acceptors (Lipinski definition) is 4. The first-order valence-corrected chi connectivity index (χ1v) is 7.10. The Morgan fingerprint density at radius 3 is 2.57 bits per heavy atom. The van der Waals surface area contributed by atoms with E-state index in [0.717, 1.165) is 0 Å². The van der Waals surface area contributed by atoms with Gasteiger partial charge in [-0.2, -0.15) is 0 Å². The molecule has 1 rings (SSSR count). The summed E-state index contributed by atoms with van der Waals surface area (Å²) in [6.07, 6.45) is -0.0931. The average molecular weight is 319 g/mol. The largest absolute Gasteiger partial charge is 0.495 e. The quantitative estimate of drug-likeness (QED) is 0.658. The SMILES string of the molecule is COc1ccc(C(=O)O)cc1C#CCCNC(=O)OC(C)(C)C. The first-order valence-electron chi connectivity index (χ1n) is 7.10. The minimum absolute atomic E-state index is 0.141. The highest BCUT2D eigenvalue weighted by molar-refractivity contribution is 5.88. The molecule has 1 aromatic rings. The van der Waals surface area contributed by atoms with Crippen LogP contribution in [0.5, 0.6) is 5.75 Å². The van der Waals surface area contributed by atoms with Crippen molar-refractivity contribution in [3.05, 3.63) is 29.3 Å². The molecule has 1 aromatic carbocycles. The number of alkyl carbamates (subject to hydrolysis) is 1. The van der Waals surface area contributed by atoms with E-state index in [1.807, 2.05) is 0 Å². The minimum atomic E-state index is -1.03. The van der Waals surface area contributed by atoms with Crippen LogP contribution in [0.3, 0.4) is 0 Å². The van der Waals surface area contributed by atoms with Gasteiger partial charge in [-0.25, -0.2) is 9.59 Å². The zero-order valence-corrected chi connectivity index (χ0v) is 13.7. The van der Waals surface area contributed by atoms with E-state index in [4.69, 9.17) is 14.6 Å². The predicted molar refractivity (Wildman–Crippen MR) is 85.7 cm³/mol. The van der Waals surface area contributed by atoms with Crippen molar-refractivity contribution in [3.63, 3.8) is 0 Å². The van der Waals surface area contributed by atoms with Gasteiger partial charge in [-0.15, -0.1) is 0 Å². The van der Waals surface area contributed by atoms with Crippen LogP contribution in [-0.2, 0) is 4.74 Å².